The van der Waals surface area contributed by atoms with Crippen LogP contribution in [0.25, 0.3) is 11.3 Å². The van der Waals surface area contributed by atoms with Crippen LogP contribution in [0.2, 0.25) is 0 Å². The second kappa shape index (κ2) is 5.09. The Hall–Kier alpha value is -1.70. The van der Waals surface area contributed by atoms with Crippen molar-refractivity contribution in [2.45, 2.75) is 33.1 Å². The third-order valence-corrected chi connectivity index (χ3v) is 3.04. The van der Waals surface area contributed by atoms with Crippen LogP contribution in [0.3, 0.4) is 0 Å². The summed E-state index contributed by atoms with van der Waals surface area (Å²) < 4.78 is 0. The van der Waals surface area contributed by atoms with Crippen LogP contribution in [-0.4, -0.2) is 10.2 Å². The van der Waals surface area contributed by atoms with E-state index in [1.165, 1.54) is 16.7 Å². The molecule has 0 aliphatic heterocycles. The normalized spacial score (nSPS) is 10.8. The van der Waals surface area contributed by atoms with E-state index in [2.05, 4.69) is 49.2 Å². The molecule has 2 aromatic rings. The van der Waals surface area contributed by atoms with Gasteiger partial charge in [-0.3, -0.25) is 0 Å². The van der Waals surface area contributed by atoms with Gasteiger partial charge in [0, 0.05) is 11.8 Å². The summed E-state index contributed by atoms with van der Waals surface area (Å²) >= 11 is 0. The van der Waals surface area contributed by atoms with Crippen molar-refractivity contribution in [2.75, 3.05) is 0 Å². The molecule has 1 aromatic carbocycles. The summed E-state index contributed by atoms with van der Waals surface area (Å²) in [5, 5.41) is 8.17. The maximum atomic E-state index is 4.21. The predicted molar refractivity (Wildman–Crippen MR) is 70.9 cm³/mol. The van der Waals surface area contributed by atoms with E-state index in [-0.39, 0.29) is 0 Å². The van der Waals surface area contributed by atoms with E-state index in [0.717, 1.165) is 12.1 Å². The molecule has 0 spiro atoms. The summed E-state index contributed by atoms with van der Waals surface area (Å²) in [5.74, 6) is 0.543. The van der Waals surface area contributed by atoms with Crippen LogP contribution in [0.15, 0.2) is 36.5 Å². The van der Waals surface area contributed by atoms with Gasteiger partial charge in [-0.2, -0.15) is 10.2 Å². The van der Waals surface area contributed by atoms with Gasteiger partial charge in [0.15, 0.2) is 0 Å². The molecule has 0 amide bonds. The van der Waals surface area contributed by atoms with Gasteiger partial charge in [0.2, 0.25) is 0 Å². The van der Waals surface area contributed by atoms with Crippen LogP contribution in [0.5, 0.6) is 0 Å². The van der Waals surface area contributed by atoms with Gasteiger partial charge in [-0.1, -0.05) is 39.0 Å². The smallest absolute Gasteiger partial charge is 0.0932 e. The van der Waals surface area contributed by atoms with Gasteiger partial charge in [-0.25, -0.2) is 0 Å². The lowest BCUT2D eigenvalue weighted by molar-refractivity contribution is 0.844. The standard InChI is InChI=1S/C15H18N2/c1-4-12-13(11(2)3)7-5-8-14(12)15-9-6-10-16-17-15/h5-11H,4H2,1-3H3. The number of nitrogens with zero attached hydrogens (tertiary/aromatic N) is 2. The van der Waals surface area contributed by atoms with E-state index in [1.807, 2.05) is 12.1 Å². The third-order valence-electron chi connectivity index (χ3n) is 3.04. The average Bonchev–Trinajstić information content (AvgIpc) is 2.38. The Morgan fingerprint density at radius 2 is 1.94 bits per heavy atom. The van der Waals surface area contributed by atoms with Gasteiger partial charge in [-0.15, -0.1) is 0 Å². The van der Waals surface area contributed by atoms with E-state index < -0.39 is 0 Å². The fourth-order valence-electron chi connectivity index (χ4n) is 2.23. The van der Waals surface area contributed by atoms with Crippen molar-refractivity contribution in [3.05, 3.63) is 47.7 Å². The lowest BCUT2D eigenvalue weighted by Crippen LogP contribution is -1.99. The van der Waals surface area contributed by atoms with Gasteiger partial charge >= 0.3 is 0 Å². The first-order valence-corrected chi connectivity index (χ1v) is 6.14. The minimum Gasteiger partial charge on any atom is -0.159 e. The molecule has 0 fully saturated rings. The van der Waals surface area contributed by atoms with Crippen molar-refractivity contribution in [2.24, 2.45) is 0 Å². The van der Waals surface area contributed by atoms with Gasteiger partial charge in [-0.05, 0) is 35.6 Å². The van der Waals surface area contributed by atoms with Crippen LogP contribution in [0.4, 0.5) is 0 Å². The predicted octanol–water partition coefficient (Wildman–Crippen LogP) is 3.83. The molecular weight excluding hydrogens is 208 g/mol. The molecule has 2 nitrogen and oxygen atoms in total. The Morgan fingerprint density at radius 3 is 2.53 bits per heavy atom. The van der Waals surface area contributed by atoms with Crippen LogP contribution in [0, 0.1) is 0 Å². The third kappa shape index (κ3) is 2.36. The van der Waals surface area contributed by atoms with Crippen molar-refractivity contribution in [1.29, 1.82) is 0 Å². The maximum absolute atomic E-state index is 4.21. The quantitative estimate of drug-likeness (QED) is 0.795. The number of hydrogen-bond donors (Lipinski definition) is 0. The summed E-state index contributed by atoms with van der Waals surface area (Å²) in [6.45, 7) is 6.66. The second-order valence-electron chi connectivity index (χ2n) is 4.49. The molecule has 0 aliphatic carbocycles. The van der Waals surface area contributed by atoms with Crippen molar-refractivity contribution in [3.63, 3.8) is 0 Å². The zero-order valence-electron chi connectivity index (χ0n) is 10.6. The van der Waals surface area contributed by atoms with Gasteiger partial charge in [0.1, 0.15) is 0 Å². The maximum Gasteiger partial charge on any atom is 0.0932 e. The van der Waals surface area contributed by atoms with Crippen molar-refractivity contribution < 1.29 is 0 Å². The van der Waals surface area contributed by atoms with Gasteiger partial charge in [0.05, 0.1) is 5.69 Å². The minimum atomic E-state index is 0.543. The Bertz CT molecular complexity index is 490. The summed E-state index contributed by atoms with van der Waals surface area (Å²) in [6.07, 6.45) is 2.74. The molecule has 0 radical (unpaired) electrons. The zero-order chi connectivity index (χ0) is 12.3. The monoisotopic (exact) mass is 226 g/mol. The molecule has 1 heterocycles. The van der Waals surface area contributed by atoms with Crippen LogP contribution >= 0.6 is 0 Å². The van der Waals surface area contributed by atoms with Crippen LogP contribution < -0.4 is 0 Å². The lowest BCUT2D eigenvalue weighted by atomic mass is 9.90. The van der Waals surface area contributed by atoms with E-state index in [0.29, 0.717) is 5.92 Å². The molecule has 1 aromatic heterocycles. The summed E-state index contributed by atoms with van der Waals surface area (Å²) in [5.41, 5.74) is 4.98. The first-order valence-electron chi connectivity index (χ1n) is 6.14. The number of hydrogen-bond acceptors (Lipinski definition) is 2. The highest BCUT2D eigenvalue weighted by atomic mass is 15.1. The SMILES string of the molecule is CCc1c(-c2cccnn2)cccc1C(C)C. The average molecular weight is 226 g/mol. The van der Waals surface area contributed by atoms with Gasteiger partial charge in [0.25, 0.3) is 0 Å². The first-order chi connectivity index (χ1) is 8.24. The minimum absolute atomic E-state index is 0.543. The largest absolute Gasteiger partial charge is 0.159 e. The van der Waals surface area contributed by atoms with Crippen LogP contribution in [-0.2, 0) is 6.42 Å². The molecule has 0 unspecified atom stereocenters. The molecule has 0 aliphatic rings. The number of aromatic nitrogens is 2. The summed E-state index contributed by atoms with van der Waals surface area (Å²) in [4.78, 5) is 0. The molecule has 0 saturated carbocycles. The second-order valence-corrected chi connectivity index (χ2v) is 4.49. The highest BCUT2D eigenvalue weighted by molar-refractivity contribution is 5.65. The molecule has 2 rings (SSSR count). The molecule has 0 bridgehead atoms. The Balaban J connectivity index is 2.59. The number of rotatable bonds is 3. The van der Waals surface area contributed by atoms with E-state index >= 15 is 0 Å². The molecule has 17 heavy (non-hydrogen) atoms. The van der Waals surface area contributed by atoms with E-state index in [4.69, 9.17) is 0 Å². The number of benzene rings is 1. The van der Waals surface area contributed by atoms with E-state index in [9.17, 15) is 0 Å². The summed E-state index contributed by atoms with van der Waals surface area (Å²) in [6, 6.07) is 10.4. The molecule has 2 heteroatoms. The molecule has 0 N–H and O–H groups in total. The van der Waals surface area contributed by atoms with Crippen molar-refractivity contribution >= 4 is 0 Å². The fourth-order valence-corrected chi connectivity index (χ4v) is 2.23. The van der Waals surface area contributed by atoms with Crippen molar-refractivity contribution in [1.82, 2.24) is 10.2 Å². The highest BCUT2D eigenvalue weighted by Crippen LogP contribution is 2.29. The molecule has 0 saturated heterocycles. The Labute approximate surface area is 103 Å². The topological polar surface area (TPSA) is 25.8 Å². The Morgan fingerprint density at radius 1 is 1.12 bits per heavy atom. The van der Waals surface area contributed by atoms with E-state index in [1.54, 1.807) is 6.20 Å². The highest BCUT2D eigenvalue weighted by Gasteiger charge is 2.11. The van der Waals surface area contributed by atoms with Crippen LogP contribution in [0.1, 0.15) is 37.8 Å². The first kappa shape index (κ1) is 11.8. The lowest BCUT2D eigenvalue weighted by Gasteiger charge is -2.15. The summed E-state index contributed by atoms with van der Waals surface area (Å²) in [7, 11) is 0. The van der Waals surface area contributed by atoms with Gasteiger partial charge < -0.3 is 0 Å². The molecule has 0 atom stereocenters. The Kier molecular flexibility index (Phi) is 3.52. The fraction of sp³-hybridized carbons (Fsp3) is 0.333. The van der Waals surface area contributed by atoms with Crippen molar-refractivity contribution in [3.8, 4) is 11.3 Å². The molecular formula is C15H18N2. The zero-order valence-corrected chi connectivity index (χ0v) is 10.6. The molecule has 88 valence electrons.